The van der Waals surface area contributed by atoms with Gasteiger partial charge < -0.3 is 20.5 Å². The highest BCUT2D eigenvalue weighted by atomic mass is 127. The zero-order chi connectivity index (χ0) is 18.8. The van der Waals surface area contributed by atoms with E-state index in [4.69, 9.17) is 16.3 Å². The van der Waals surface area contributed by atoms with Crippen molar-refractivity contribution in [1.29, 1.82) is 0 Å². The molecule has 2 rings (SSSR count). The lowest BCUT2D eigenvalue weighted by Crippen LogP contribution is -2.38. The highest BCUT2D eigenvalue weighted by molar-refractivity contribution is 14.0. The molecule has 0 aliphatic rings. The monoisotopic (exact) mass is 503 g/mol. The third-order valence-electron chi connectivity index (χ3n) is 3.86. The van der Waals surface area contributed by atoms with Gasteiger partial charge in [-0.1, -0.05) is 35.9 Å². The molecule has 0 aromatic heterocycles. The number of benzene rings is 2. The van der Waals surface area contributed by atoms with E-state index in [1.165, 1.54) is 5.56 Å². The highest BCUT2D eigenvalue weighted by Crippen LogP contribution is 2.19. The molecule has 148 valence electrons. The van der Waals surface area contributed by atoms with Gasteiger partial charge in [0, 0.05) is 18.1 Å². The average Bonchev–Trinajstić information content (AvgIpc) is 2.67. The van der Waals surface area contributed by atoms with E-state index in [9.17, 15) is 5.11 Å². The Labute approximate surface area is 183 Å². The molecule has 5 nitrogen and oxygen atoms in total. The van der Waals surface area contributed by atoms with E-state index >= 15 is 0 Å². The van der Waals surface area contributed by atoms with E-state index in [2.05, 4.69) is 15.6 Å². The molecule has 2 aromatic carbocycles. The maximum Gasteiger partial charge on any atom is 0.191 e. The average molecular weight is 504 g/mol. The molecule has 27 heavy (non-hydrogen) atoms. The molecule has 0 radical (unpaired) electrons. The van der Waals surface area contributed by atoms with Crippen molar-refractivity contribution >= 4 is 41.5 Å². The number of hydrogen-bond acceptors (Lipinski definition) is 3. The fourth-order valence-corrected chi connectivity index (χ4v) is 2.58. The summed E-state index contributed by atoms with van der Waals surface area (Å²) in [4.78, 5) is 4.47. The van der Waals surface area contributed by atoms with Gasteiger partial charge in [0.25, 0.3) is 0 Å². The Bertz CT molecular complexity index is 711. The molecule has 0 amide bonds. The molecule has 0 fully saturated rings. The Morgan fingerprint density at radius 3 is 2.59 bits per heavy atom. The quantitative estimate of drug-likeness (QED) is 0.291. The molecule has 0 aliphatic heterocycles. The smallest absolute Gasteiger partial charge is 0.191 e. The van der Waals surface area contributed by atoms with Gasteiger partial charge in [-0.05, 0) is 48.7 Å². The van der Waals surface area contributed by atoms with Gasteiger partial charge in [0.1, 0.15) is 5.75 Å². The van der Waals surface area contributed by atoms with Crippen molar-refractivity contribution in [3.05, 3.63) is 64.7 Å². The number of aliphatic hydroxyl groups is 1. The molecule has 0 saturated heterocycles. The lowest BCUT2D eigenvalue weighted by atomic mass is 10.1. The van der Waals surface area contributed by atoms with Crippen LogP contribution in [0.3, 0.4) is 0 Å². The fourth-order valence-electron chi connectivity index (χ4n) is 2.45. The molecule has 0 spiro atoms. The summed E-state index contributed by atoms with van der Waals surface area (Å²) in [7, 11) is 1.61. The van der Waals surface area contributed by atoms with Crippen LogP contribution in [0.5, 0.6) is 5.75 Å². The Kier molecular flexibility index (Phi) is 11.2. The number of nitrogens with one attached hydrogen (secondary N) is 2. The van der Waals surface area contributed by atoms with Gasteiger partial charge in [0.05, 0.1) is 19.8 Å². The summed E-state index contributed by atoms with van der Waals surface area (Å²) < 4.78 is 5.19. The van der Waals surface area contributed by atoms with Crippen LogP contribution in [0.25, 0.3) is 0 Å². The van der Waals surface area contributed by atoms with Gasteiger partial charge in [0.2, 0.25) is 0 Å². The Balaban J connectivity index is 0.00000364. The van der Waals surface area contributed by atoms with E-state index in [0.717, 1.165) is 35.8 Å². The first-order chi connectivity index (χ1) is 12.6. The second-order valence-electron chi connectivity index (χ2n) is 5.82. The number of methoxy groups -OCH3 is 1. The topological polar surface area (TPSA) is 65.9 Å². The summed E-state index contributed by atoms with van der Waals surface area (Å²) >= 11 is 5.90. The van der Waals surface area contributed by atoms with E-state index < -0.39 is 6.10 Å². The summed E-state index contributed by atoms with van der Waals surface area (Å²) in [6.07, 6.45) is 0.178. The van der Waals surface area contributed by atoms with Crippen molar-refractivity contribution in [3.8, 4) is 5.75 Å². The zero-order valence-electron chi connectivity index (χ0n) is 15.6. The maximum absolute atomic E-state index is 10.4. The minimum atomic E-state index is -0.683. The lowest BCUT2D eigenvalue weighted by molar-refractivity contribution is 0.186. The van der Waals surface area contributed by atoms with Gasteiger partial charge in [0.15, 0.2) is 5.96 Å². The predicted octanol–water partition coefficient (Wildman–Crippen LogP) is 3.80. The van der Waals surface area contributed by atoms with E-state index in [1.807, 2.05) is 55.5 Å². The second kappa shape index (κ2) is 12.8. The van der Waals surface area contributed by atoms with Crippen LogP contribution >= 0.6 is 35.6 Å². The van der Waals surface area contributed by atoms with Gasteiger partial charge in [-0.15, -0.1) is 24.0 Å². The van der Waals surface area contributed by atoms with E-state index in [0.29, 0.717) is 5.96 Å². The molecule has 1 atom stereocenters. The molecule has 3 N–H and O–H groups in total. The third kappa shape index (κ3) is 8.36. The highest BCUT2D eigenvalue weighted by Gasteiger charge is 2.08. The van der Waals surface area contributed by atoms with Crippen molar-refractivity contribution in [2.24, 2.45) is 4.99 Å². The van der Waals surface area contributed by atoms with Crippen LogP contribution in [0.15, 0.2) is 53.5 Å². The normalized spacial score (nSPS) is 12.1. The summed E-state index contributed by atoms with van der Waals surface area (Å²) in [5.74, 6) is 1.40. The molecule has 1 unspecified atom stereocenters. The number of rotatable bonds is 8. The van der Waals surface area contributed by atoms with Gasteiger partial charge in [-0.25, -0.2) is 0 Å². The van der Waals surface area contributed by atoms with Gasteiger partial charge in [-0.2, -0.15) is 0 Å². The third-order valence-corrected chi connectivity index (χ3v) is 4.12. The molecular formula is C20H27ClIN3O2. The maximum atomic E-state index is 10.4. The fraction of sp³-hybridized carbons (Fsp3) is 0.350. The molecule has 2 aromatic rings. The van der Waals surface area contributed by atoms with Crippen LogP contribution in [-0.4, -0.2) is 37.8 Å². The molecule has 0 saturated carbocycles. The van der Waals surface area contributed by atoms with Crippen LogP contribution in [0, 0.1) is 0 Å². The number of aliphatic imine (C=N–C) groups is 1. The predicted molar refractivity (Wildman–Crippen MR) is 123 cm³/mol. The van der Waals surface area contributed by atoms with Crippen LogP contribution in [-0.2, 0) is 6.42 Å². The van der Waals surface area contributed by atoms with Crippen molar-refractivity contribution in [2.45, 2.75) is 19.4 Å². The van der Waals surface area contributed by atoms with Gasteiger partial charge >= 0.3 is 0 Å². The van der Waals surface area contributed by atoms with Crippen LogP contribution in [0.4, 0.5) is 0 Å². The summed E-state index contributed by atoms with van der Waals surface area (Å²) in [6.45, 7) is 3.77. The number of guanidine groups is 1. The van der Waals surface area contributed by atoms with Crippen LogP contribution < -0.4 is 15.4 Å². The largest absolute Gasteiger partial charge is 0.497 e. The number of aliphatic hydroxyl groups excluding tert-OH is 1. The van der Waals surface area contributed by atoms with Crippen molar-refractivity contribution in [1.82, 2.24) is 10.6 Å². The SMILES string of the molecule is CCNC(=NCC(O)c1cccc(OC)c1)NCCc1ccc(Cl)cc1.I. The number of hydrogen-bond donors (Lipinski definition) is 3. The molecule has 7 heteroatoms. The standard InChI is InChI=1S/C20H26ClN3O2.HI/c1-3-22-20(23-12-11-15-7-9-17(21)10-8-15)24-14-19(25)16-5-4-6-18(13-16)26-2;/h4-10,13,19,25H,3,11-12,14H2,1-2H3,(H2,22,23,24);1H. The molecule has 0 bridgehead atoms. The van der Waals surface area contributed by atoms with Crippen molar-refractivity contribution in [3.63, 3.8) is 0 Å². The Morgan fingerprint density at radius 1 is 1.19 bits per heavy atom. The Hall–Kier alpha value is -1.51. The number of ether oxygens (including phenoxy) is 1. The molecule has 0 heterocycles. The molecule has 0 aliphatic carbocycles. The number of halogens is 2. The number of nitrogens with zero attached hydrogens (tertiary/aromatic N) is 1. The molecular weight excluding hydrogens is 477 g/mol. The van der Waals surface area contributed by atoms with E-state index in [1.54, 1.807) is 7.11 Å². The minimum absolute atomic E-state index is 0. The summed E-state index contributed by atoms with van der Waals surface area (Å²) in [5.41, 5.74) is 1.99. The lowest BCUT2D eigenvalue weighted by Gasteiger charge is -2.14. The first kappa shape index (κ1) is 23.5. The van der Waals surface area contributed by atoms with Crippen molar-refractivity contribution < 1.29 is 9.84 Å². The zero-order valence-corrected chi connectivity index (χ0v) is 18.7. The van der Waals surface area contributed by atoms with Crippen molar-refractivity contribution in [2.75, 3.05) is 26.7 Å². The minimum Gasteiger partial charge on any atom is -0.497 e. The summed E-state index contributed by atoms with van der Waals surface area (Å²) in [5, 5.41) is 17.6. The van der Waals surface area contributed by atoms with E-state index in [-0.39, 0.29) is 30.5 Å². The first-order valence-electron chi connectivity index (χ1n) is 8.71. The van der Waals surface area contributed by atoms with Gasteiger partial charge in [-0.3, -0.25) is 4.99 Å². The summed E-state index contributed by atoms with van der Waals surface area (Å²) in [6, 6.07) is 15.2. The van der Waals surface area contributed by atoms with Crippen LogP contribution in [0.2, 0.25) is 5.02 Å². The first-order valence-corrected chi connectivity index (χ1v) is 9.08. The second-order valence-corrected chi connectivity index (χ2v) is 6.25. The Morgan fingerprint density at radius 2 is 1.93 bits per heavy atom. The van der Waals surface area contributed by atoms with Crippen LogP contribution in [0.1, 0.15) is 24.2 Å².